The number of hydrogen-bond acceptors (Lipinski definition) is 8. The summed E-state index contributed by atoms with van der Waals surface area (Å²) in [6.45, 7) is -0.0234. The van der Waals surface area contributed by atoms with E-state index in [-0.39, 0.29) is 27.9 Å². The Morgan fingerprint density at radius 2 is 2.00 bits per heavy atom. The molecule has 2 heterocycles. The zero-order valence-electron chi connectivity index (χ0n) is 17.8. The van der Waals surface area contributed by atoms with Gasteiger partial charge in [0.05, 0.1) is 29.4 Å². The largest absolute Gasteiger partial charge is 0.345 e. The van der Waals surface area contributed by atoms with E-state index in [0.29, 0.717) is 30.2 Å². The van der Waals surface area contributed by atoms with Gasteiger partial charge in [-0.2, -0.15) is 15.0 Å². The minimum Gasteiger partial charge on any atom is -0.345 e. The molecule has 2 amide bonds. The molecule has 3 aromatic rings. The van der Waals surface area contributed by atoms with E-state index in [2.05, 4.69) is 25.7 Å². The molecule has 0 saturated heterocycles. The maximum absolute atomic E-state index is 12.6. The number of carbonyl (C=O) groups excluding carboxylic acids is 2. The van der Waals surface area contributed by atoms with Crippen LogP contribution in [0.1, 0.15) is 29.0 Å². The normalized spacial score (nSPS) is 14.1. The predicted octanol–water partition coefficient (Wildman–Crippen LogP) is 1.89. The van der Waals surface area contributed by atoms with Crippen LogP contribution in [0.25, 0.3) is 5.82 Å². The van der Waals surface area contributed by atoms with E-state index in [4.69, 9.17) is 16.9 Å². The number of nitriles is 1. The molecule has 2 aromatic heterocycles. The number of carbonyl (C=O) groups is 2. The van der Waals surface area contributed by atoms with Crippen LogP contribution in [0.2, 0.25) is 5.02 Å². The average molecular weight is 500 g/mol. The molecule has 0 aliphatic heterocycles. The maximum atomic E-state index is 12.6. The Hall–Kier alpha value is -3.82. The SMILES string of the molecule is CS(=O)(=O)c1cc(Cl)cc(C(=O)NCc2ncnn2-c2ccc(NC(=O)C3(C#N)CC3)cn2)c1. The number of hydrogen-bond donors (Lipinski definition) is 2. The lowest BCUT2D eigenvalue weighted by atomic mass is 10.1. The van der Waals surface area contributed by atoms with Gasteiger partial charge in [0.2, 0.25) is 5.91 Å². The lowest BCUT2D eigenvalue weighted by molar-refractivity contribution is -0.119. The van der Waals surface area contributed by atoms with E-state index in [1.165, 1.54) is 35.4 Å². The molecule has 0 bridgehead atoms. The molecule has 0 radical (unpaired) electrons. The van der Waals surface area contributed by atoms with E-state index in [1.807, 2.05) is 6.07 Å². The molecule has 174 valence electrons. The van der Waals surface area contributed by atoms with Crippen molar-refractivity contribution in [3.63, 3.8) is 0 Å². The second-order valence-corrected chi connectivity index (χ2v) is 10.2. The molecule has 0 atom stereocenters. The van der Waals surface area contributed by atoms with Crippen molar-refractivity contribution in [2.45, 2.75) is 24.3 Å². The number of sulfone groups is 1. The first-order valence-corrected chi connectivity index (χ1v) is 12.3. The van der Waals surface area contributed by atoms with Crippen molar-refractivity contribution >= 4 is 38.9 Å². The highest BCUT2D eigenvalue weighted by Crippen LogP contribution is 2.45. The summed E-state index contributed by atoms with van der Waals surface area (Å²) in [6, 6.07) is 9.14. The molecule has 2 N–H and O–H groups in total. The first kappa shape index (κ1) is 23.3. The van der Waals surface area contributed by atoms with Crippen LogP contribution >= 0.6 is 11.6 Å². The van der Waals surface area contributed by atoms with Crippen LogP contribution < -0.4 is 10.6 Å². The number of nitrogens with zero attached hydrogens (tertiary/aromatic N) is 5. The van der Waals surface area contributed by atoms with E-state index in [9.17, 15) is 18.0 Å². The highest BCUT2D eigenvalue weighted by atomic mass is 35.5. The Bertz CT molecular complexity index is 1420. The molecule has 1 fully saturated rings. The Kier molecular flexibility index (Phi) is 6.07. The van der Waals surface area contributed by atoms with Crippen LogP contribution in [0, 0.1) is 16.7 Å². The van der Waals surface area contributed by atoms with Crippen LogP contribution in [0.15, 0.2) is 47.8 Å². The molecule has 1 saturated carbocycles. The van der Waals surface area contributed by atoms with Crippen LogP contribution in [-0.2, 0) is 21.2 Å². The van der Waals surface area contributed by atoms with Crippen molar-refractivity contribution in [2.75, 3.05) is 11.6 Å². The lowest BCUT2D eigenvalue weighted by Gasteiger charge is -2.10. The maximum Gasteiger partial charge on any atom is 0.251 e. The summed E-state index contributed by atoms with van der Waals surface area (Å²) in [5.41, 5.74) is -0.419. The molecule has 1 aliphatic rings. The first-order valence-electron chi connectivity index (χ1n) is 9.98. The summed E-state index contributed by atoms with van der Waals surface area (Å²) in [7, 11) is -3.54. The third-order valence-corrected chi connectivity index (χ3v) is 6.52. The van der Waals surface area contributed by atoms with Crippen molar-refractivity contribution in [3.8, 4) is 11.9 Å². The molecule has 11 nitrogen and oxygen atoms in total. The second-order valence-electron chi connectivity index (χ2n) is 7.77. The fourth-order valence-corrected chi connectivity index (χ4v) is 4.08. The van der Waals surface area contributed by atoms with Gasteiger partial charge in [-0.15, -0.1) is 0 Å². The van der Waals surface area contributed by atoms with E-state index in [1.54, 1.807) is 12.1 Å². The highest BCUT2D eigenvalue weighted by molar-refractivity contribution is 7.90. The zero-order chi connectivity index (χ0) is 24.5. The summed E-state index contributed by atoms with van der Waals surface area (Å²) < 4.78 is 25.0. The van der Waals surface area contributed by atoms with Crippen molar-refractivity contribution in [3.05, 3.63) is 59.3 Å². The number of aromatic nitrogens is 4. The third-order valence-electron chi connectivity index (χ3n) is 5.21. The molecule has 1 aromatic carbocycles. The quantitative estimate of drug-likeness (QED) is 0.498. The van der Waals surface area contributed by atoms with Gasteiger partial charge in [-0.3, -0.25) is 9.59 Å². The van der Waals surface area contributed by atoms with Crippen LogP contribution in [0.5, 0.6) is 0 Å². The van der Waals surface area contributed by atoms with Crippen molar-refractivity contribution in [2.24, 2.45) is 5.41 Å². The Morgan fingerprint density at radius 3 is 2.62 bits per heavy atom. The van der Waals surface area contributed by atoms with Crippen molar-refractivity contribution < 1.29 is 18.0 Å². The van der Waals surface area contributed by atoms with Gasteiger partial charge in [-0.1, -0.05) is 11.6 Å². The zero-order valence-corrected chi connectivity index (χ0v) is 19.4. The Balaban J connectivity index is 1.44. The van der Waals surface area contributed by atoms with E-state index >= 15 is 0 Å². The number of nitrogens with one attached hydrogen (secondary N) is 2. The average Bonchev–Trinajstić information content (AvgIpc) is 3.47. The molecule has 1 aliphatic carbocycles. The van der Waals surface area contributed by atoms with Gasteiger partial charge < -0.3 is 10.6 Å². The van der Waals surface area contributed by atoms with Crippen molar-refractivity contribution in [1.82, 2.24) is 25.1 Å². The topological polar surface area (TPSA) is 160 Å². The number of amides is 2. The van der Waals surface area contributed by atoms with Gasteiger partial charge in [-0.05, 0) is 43.2 Å². The fourth-order valence-electron chi connectivity index (χ4n) is 3.10. The molecule has 4 rings (SSSR count). The number of halogens is 1. The number of rotatable bonds is 7. The number of benzene rings is 1. The van der Waals surface area contributed by atoms with Crippen LogP contribution in [0.3, 0.4) is 0 Å². The van der Waals surface area contributed by atoms with Gasteiger partial charge >= 0.3 is 0 Å². The van der Waals surface area contributed by atoms with E-state index < -0.39 is 21.2 Å². The summed E-state index contributed by atoms with van der Waals surface area (Å²) in [4.78, 5) is 33.1. The molecule has 13 heteroatoms. The predicted molar refractivity (Wildman–Crippen MR) is 121 cm³/mol. The minimum absolute atomic E-state index is 0.0234. The Labute approximate surface area is 199 Å². The first-order chi connectivity index (χ1) is 16.1. The molecular formula is C21H18ClN7O4S. The lowest BCUT2D eigenvalue weighted by Crippen LogP contribution is -2.25. The smallest absolute Gasteiger partial charge is 0.251 e. The monoisotopic (exact) mass is 499 g/mol. The fraction of sp³-hybridized carbons (Fsp3) is 0.238. The van der Waals surface area contributed by atoms with Crippen LogP contribution in [0.4, 0.5) is 5.69 Å². The second kappa shape index (κ2) is 8.85. The van der Waals surface area contributed by atoms with Crippen molar-refractivity contribution in [1.29, 1.82) is 5.26 Å². The van der Waals surface area contributed by atoms with Gasteiger partial charge in [0, 0.05) is 16.8 Å². The number of pyridine rings is 1. The van der Waals surface area contributed by atoms with Crippen LogP contribution in [-0.4, -0.2) is 46.2 Å². The molecular weight excluding hydrogens is 482 g/mol. The molecule has 0 spiro atoms. The molecule has 0 unspecified atom stereocenters. The standard InChI is InChI=1S/C21H18ClN7O4S/c1-34(32,33)16-7-13(6-14(22)8-16)19(30)25-10-18-26-12-27-29(18)17-3-2-15(9-24-17)28-20(31)21(11-23)4-5-21/h2-3,6-9,12H,4-5,10H2,1H3,(H,25,30)(H,28,31). The molecule has 34 heavy (non-hydrogen) atoms. The summed E-state index contributed by atoms with van der Waals surface area (Å²) in [5.74, 6) is -0.138. The van der Waals surface area contributed by atoms with E-state index in [0.717, 1.165) is 6.26 Å². The Morgan fingerprint density at radius 1 is 1.24 bits per heavy atom. The minimum atomic E-state index is -3.54. The van der Waals surface area contributed by atoms with Gasteiger partial charge in [-0.25, -0.2) is 18.4 Å². The van der Waals surface area contributed by atoms with Gasteiger partial charge in [0.15, 0.2) is 21.5 Å². The third kappa shape index (κ3) is 4.90. The summed E-state index contributed by atoms with van der Waals surface area (Å²) in [5, 5.41) is 18.7. The summed E-state index contributed by atoms with van der Waals surface area (Å²) in [6.07, 6.45) is 4.84. The number of anilines is 1. The summed E-state index contributed by atoms with van der Waals surface area (Å²) >= 11 is 5.96. The van der Waals surface area contributed by atoms with Gasteiger partial charge in [0.25, 0.3) is 5.91 Å². The van der Waals surface area contributed by atoms with Gasteiger partial charge in [0.1, 0.15) is 11.7 Å². The highest BCUT2D eigenvalue weighted by Gasteiger charge is 2.50.